The topological polar surface area (TPSA) is 36.4 Å². The second kappa shape index (κ2) is 9.09. The third kappa shape index (κ3) is 4.75. The quantitative estimate of drug-likeness (QED) is 0.549. The van der Waals surface area contributed by atoms with Crippen LogP contribution in [0.5, 0.6) is 0 Å². The van der Waals surface area contributed by atoms with Gasteiger partial charge in [-0.25, -0.2) is 18.2 Å². The third-order valence-corrected chi connectivity index (χ3v) is 5.15. The van der Waals surface area contributed by atoms with Crippen LogP contribution in [0, 0.1) is 17.5 Å². The van der Waals surface area contributed by atoms with Crippen molar-refractivity contribution in [2.24, 2.45) is 0 Å². The maximum absolute atomic E-state index is 14.0. The Balaban J connectivity index is 0.00000280. The molecular formula is C18H16Cl2F3N3OS. The molecule has 0 saturated heterocycles. The number of nitrogens with zero attached hydrogens (tertiary/aromatic N) is 3. The predicted molar refractivity (Wildman–Crippen MR) is 108 cm³/mol. The molecule has 0 fully saturated rings. The van der Waals surface area contributed by atoms with Crippen LogP contribution in [-0.4, -0.2) is 43.0 Å². The maximum Gasteiger partial charge on any atom is 0.261 e. The summed E-state index contributed by atoms with van der Waals surface area (Å²) in [6, 6.07) is 5.38. The van der Waals surface area contributed by atoms with Gasteiger partial charge in [0.2, 0.25) is 0 Å². The summed E-state index contributed by atoms with van der Waals surface area (Å²) in [4.78, 5) is 20.4. The summed E-state index contributed by atoms with van der Waals surface area (Å²) in [6.45, 7) is 0.737. The number of aromatic nitrogens is 1. The second-order valence-corrected chi connectivity index (χ2v) is 7.53. The predicted octanol–water partition coefficient (Wildman–Crippen LogP) is 5.00. The number of hydrogen-bond acceptors (Lipinski definition) is 4. The molecule has 1 amide bonds. The van der Waals surface area contributed by atoms with Crippen LogP contribution in [0.2, 0.25) is 5.02 Å². The van der Waals surface area contributed by atoms with Crippen LogP contribution >= 0.6 is 35.3 Å². The average Bonchev–Trinajstić information content (AvgIpc) is 2.98. The highest BCUT2D eigenvalue weighted by Gasteiger charge is 2.24. The standard InChI is InChI=1S/C18H15ClF3N3OS.ClH/c1-24(2)5-6-25(17(26)12-4-3-10(20)7-13(12)19)18-23-16-14(22)8-11(21)9-15(16)27-18;/h3-4,7-9H,5-6H2,1-2H3;1H. The van der Waals surface area contributed by atoms with Gasteiger partial charge in [-0.2, -0.15) is 0 Å². The van der Waals surface area contributed by atoms with Gasteiger partial charge in [0.15, 0.2) is 10.9 Å². The van der Waals surface area contributed by atoms with Crippen LogP contribution in [0.4, 0.5) is 18.3 Å². The molecule has 0 aliphatic carbocycles. The van der Waals surface area contributed by atoms with E-state index in [0.717, 1.165) is 29.5 Å². The van der Waals surface area contributed by atoms with E-state index in [-0.39, 0.29) is 44.9 Å². The minimum Gasteiger partial charge on any atom is -0.308 e. The third-order valence-electron chi connectivity index (χ3n) is 3.81. The number of carbonyl (C=O) groups is 1. The van der Waals surface area contributed by atoms with Crippen LogP contribution in [-0.2, 0) is 0 Å². The Morgan fingerprint density at radius 1 is 1.11 bits per heavy atom. The lowest BCUT2D eigenvalue weighted by Crippen LogP contribution is -2.36. The fourth-order valence-corrected chi connectivity index (χ4v) is 3.73. The first-order chi connectivity index (χ1) is 12.8. The molecule has 150 valence electrons. The number of carbonyl (C=O) groups excluding carboxylic acids is 1. The Morgan fingerprint density at radius 3 is 2.46 bits per heavy atom. The van der Waals surface area contributed by atoms with Crippen LogP contribution < -0.4 is 4.90 Å². The maximum atomic E-state index is 14.0. The van der Waals surface area contributed by atoms with Gasteiger partial charge in [0.1, 0.15) is 17.2 Å². The minimum absolute atomic E-state index is 0. The van der Waals surface area contributed by atoms with Crippen molar-refractivity contribution in [1.29, 1.82) is 0 Å². The lowest BCUT2D eigenvalue weighted by molar-refractivity contribution is 0.0985. The summed E-state index contributed by atoms with van der Waals surface area (Å²) in [6.07, 6.45) is 0. The second-order valence-electron chi connectivity index (χ2n) is 6.12. The van der Waals surface area contributed by atoms with Gasteiger partial charge < -0.3 is 4.90 Å². The molecule has 3 rings (SSSR count). The molecule has 0 bridgehead atoms. The van der Waals surface area contributed by atoms with E-state index in [9.17, 15) is 18.0 Å². The molecule has 0 aliphatic heterocycles. The molecule has 28 heavy (non-hydrogen) atoms. The zero-order valence-corrected chi connectivity index (χ0v) is 17.3. The van der Waals surface area contributed by atoms with Gasteiger partial charge in [-0.15, -0.1) is 12.4 Å². The van der Waals surface area contributed by atoms with E-state index >= 15 is 0 Å². The molecule has 4 nitrogen and oxygen atoms in total. The number of anilines is 1. The lowest BCUT2D eigenvalue weighted by atomic mass is 10.2. The molecule has 0 aliphatic rings. The Morgan fingerprint density at radius 2 is 1.82 bits per heavy atom. The van der Waals surface area contributed by atoms with Crippen molar-refractivity contribution in [2.75, 3.05) is 32.1 Å². The lowest BCUT2D eigenvalue weighted by Gasteiger charge is -2.22. The smallest absolute Gasteiger partial charge is 0.261 e. The molecule has 1 heterocycles. The molecule has 1 aromatic heterocycles. The van der Waals surface area contributed by atoms with Crippen molar-refractivity contribution in [3.05, 3.63) is 58.4 Å². The molecule has 0 radical (unpaired) electrons. The highest BCUT2D eigenvalue weighted by molar-refractivity contribution is 7.22. The molecule has 3 aromatic rings. The molecule has 0 saturated carbocycles. The van der Waals surface area contributed by atoms with Gasteiger partial charge >= 0.3 is 0 Å². The van der Waals surface area contributed by atoms with Gasteiger partial charge in [-0.05, 0) is 38.4 Å². The Kier molecular flexibility index (Phi) is 7.28. The van der Waals surface area contributed by atoms with E-state index in [1.807, 2.05) is 19.0 Å². The van der Waals surface area contributed by atoms with Gasteiger partial charge in [-0.3, -0.25) is 9.69 Å². The number of thiazole rings is 1. The summed E-state index contributed by atoms with van der Waals surface area (Å²) in [5, 5.41) is 0.176. The average molecular weight is 450 g/mol. The summed E-state index contributed by atoms with van der Waals surface area (Å²) in [5.74, 6) is -2.58. The highest BCUT2D eigenvalue weighted by atomic mass is 35.5. The number of fused-ring (bicyclic) bond motifs is 1. The van der Waals surface area contributed by atoms with Crippen LogP contribution in [0.15, 0.2) is 30.3 Å². The largest absolute Gasteiger partial charge is 0.308 e. The van der Waals surface area contributed by atoms with Gasteiger partial charge in [0, 0.05) is 19.2 Å². The molecule has 0 atom stereocenters. The first kappa shape index (κ1) is 22.4. The summed E-state index contributed by atoms with van der Waals surface area (Å²) < 4.78 is 41.1. The zero-order chi connectivity index (χ0) is 19.7. The van der Waals surface area contributed by atoms with Gasteiger partial charge in [-0.1, -0.05) is 22.9 Å². The van der Waals surface area contributed by atoms with Gasteiger partial charge in [0.25, 0.3) is 5.91 Å². The van der Waals surface area contributed by atoms with Crippen LogP contribution in [0.1, 0.15) is 10.4 Å². The Hall–Kier alpha value is -1.87. The summed E-state index contributed by atoms with van der Waals surface area (Å²) >= 11 is 7.01. The first-order valence-electron chi connectivity index (χ1n) is 7.93. The summed E-state index contributed by atoms with van der Waals surface area (Å²) in [7, 11) is 3.67. The van der Waals surface area contributed by atoms with Crippen molar-refractivity contribution in [3.8, 4) is 0 Å². The first-order valence-corrected chi connectivity index (χ1v) is 9.13. The number of halogens is 5. The number of rotatable bonds is 5. The van der Waals surface area contributed by atoms with Crippen LogP contribution in [0.3, 0.4) is 0 Å². The zero-order valence-electron chi connectivity index (χ0n) is 14.9. The van der Waals surface area contributed by atoms with Crippen molar-refractivity contribution in [2.45, 2.75) is 0 Å². The normalized spacial score (nSPS) is 11.0. The molecule has 2 aromatic carbocycles. The van der Waals surface area contributed by atoms with Crippen molar-refractivity contribution < 1.29 is 18.0 Å². The van der Waals surface area contributed by atoms with Crippen molar-refractivity contribution in [1.82, 2.24) is 9.88 Å². The van der Waals surface area contributed by atoms with E-state index in [1.165, 1.54) is 17.0 Å². The highest BCUT2D eigenvalue weighted by Crippen LogP contribution is 2.32. The fraction of sp³-hybridized carbons (Fsp3) is 0.222. The minimum atomic E-state index is -0.799. The molecule has 0 unspecified atom stereocenters. The molecule has 0 N–H and O–H groups in total. The van der Waals surface area contributed by atoms with E-state index in [1.54, 1.807) is 0 Å². The summed E-state index contributed by atoms with van der Waals surface area (Å²) in [5.41, 5.74) is 0.0898. The van der Waals surface area contributed by atoms with Gasteiger partial charge in [0.05, 0.1) is 15.3 Å². The van der Waals surface area contributed by atoms with E-state index in [2.05, 4.69) is 4.98 Å². The Labute approximate surface area is 174 Å². The fourth-order valence-electron chi connectivity index (χ4n) is 2.45. The van der Waals surface area contributed by atoms with Crippen molar-refractivity contribution in [3.63, 3.8) is 0 Å². The van der Waals surface area contributed by atoms with E-state index in [0.29, 0.717) is 6.54 Å². The van der Waals surface area contributed by atoms with Crippen LogP contribution in [0.25, 0.3) is 10.2 Å². The number of amides is 1. The molecular weight excluding hydrogens is 434 g/mol. The number of hydrogen-bond donors (Lipinski definition) is 0. The molecule has 10 heteroatoms. The molecule has 0 spiro atoms. The monoisotopic (exact) mass is 449 g/mol. The van der Waals surface area contributed by atoms with E-state index in [4.69, 9.17) is 11.6 Å². The SMILES string of the molecule is CN(C)CCN(C(=O)c1ccc(F)cc1Cl)c1nc2c(F)cc(F)cc2s1.Cl. The van der Waals surface area contributed by atoms with E-state index < -0.39 is 23.4 Å². The number of benzene rings is 2. The number of likely N-dealkylation sites (N-methyl/N-ethyl adjacent to an activating group) is 1. The van der Waals surface area contributed by atoms with Crippen molar-refractivity contribution >= 4 is 56.6 Å². The Bertz CT molecular complexity index is 1010.